The van der Waals surface area contributed by atoms with E-state index in [1.54, 1.807) is 6.07 Å². The van der Waals surface area contributed by atoms with E-state index in [0.717, 1.165) is 0 Å². The summed E-state index contributed by atoms with van der Waals surface area (Å²) in [5, 5.41) is 10.8. The molecule has 1 N–H and O–H groups in total. The van der Waals surface area contributed by atoms with Crippen LogP contribution in [0.4, 0.5) is 5.69 Å². The third kappa shape index (κ3) is 1.76. The van der Waals surface area contributed by atoms with E-state index in [9.17, 15) is 4.79 Å². The van der Waals surface area contributed by atoms with Crippen LogP contribution >= 0.6 is 0 Å². The first-order valence-electron chi connectivity index (χ1n) is 2.92. The minimum Gasteiger partial charge on any atom is -0.327 e. The molecule has 0 aliphatic heterocycles. The average Bonchev–Trinajstić information content (AvgIpc) is 2.06. The molecule has 1 aromatic heterocycles. The highest BCUT2D eigenvalue weighted by Gasteiger charge is 1.92. The summed E-state index contributed by atoms with van der Waals surface area (Å²) in [5.74, 6) is 0. The molecular weight excluding hydrogens is 142 g/mol. The second kappa shape index (κ2) is 3.32. The van der Waals surface area contributed by atoms with Crippen molar-refractivity contribution in [2.45, 2.75) is 0 Å². The molecule has 0 saturated heterocycles. The van der Waals surface area contributed by atoms with Gasteiger partial charge in [-0.3, -0.25) is 9.78 Å². The Kier molecular flexibility index (Phi) is 2.18. The standard InChI is InChI=1S/C7H5N3O/c8-2-6-1-7(10-5-11)4-9-3-6/h1,3-5H,(H,10,11). The van der Waals surface area contributed by atoms with E-state index >= 15 is 0 Å². The number of nitrogens with zero attached hydrogens (tertiary/aromatic N) is 2. The van der Waals surface area contributed by atoms with E-state index in [0.29, 0.717) is 17.7 Å². The van der Waals surface area contributed by atoms with E-state index in [4.69, 9.17) is 5.26 Å². The lowest BCUT2D eigenvalue weighted by molar-refractivity contribution is -0.105. The van der Waals surface area contributed by atoms with Crippen LogP contribution in [0.3, 0.4) is 0 Å². The molecule has 4 heteroatoms. The molecule has 54 valence electrons. The summed E-state index contributed by atoms with van der Waals surface area (Å²) in [6.07, 6.45) is 3.43. The van der Waals surface area contributed by atoms with Gasteiger partial charge in [0, 0.05) is 6.20 Å². The number of hydrogen-bond acceptors (Lipinski definition) is 3. The van der Waals surface area contributed by atoms with Crippen molar-refractivity contribution in [2.24, 2.45) is 0 Å². The highest BCUT2D eigenvalue weighted by atomic mass is 16.1. The molecule has 1 rings (SSSR count). The molecule has 1 amide bonds. The Balaban J connectivity index is 2.93. The summed E-state index contributed by atoms with van der Waals surface area (Å²) < 4.78 is 0. The van der Waals surface area contributed by atoms with Crippen molar-refractivity contribution in [3.8, 4) is 6.07 Å². The fourth-order valence-corrected chi connectivity index (χ4v) is 0.648. The number of aromatic nitrogens is 1. The number of anilines is 1. The first kappa shape index (κ1) is 7.22. The van der Waals surface area contributed by atoms with Crippen LogP contribution in [-0.4, -0.2) is 11.4 Å². The third-order valence-corrected chi connectivity index (χ3v) is 1.09. The number of pyridine rings is 1. The lowest BCUT2D eigenvalue weighted by Gasteiger charge is -1.95. The fraction of sp³-hybridized carbons (Fsp3) is 0. The molecule has 0 atom stereocenters. The normalized spacial score (nSPS) is 8.27. The predicted molar refractivity (Wildman–Crippen MR) is 38.6 cm³/mol. The minimum atomic E-state index is 0.428. The van der Waals surface area contributed by atoms with Gasteiger partial charge in [-0.1, -0.05) is 0 Å². The van der Waals surface area contributed by atoms with Gasteiger partial charge in [-0.25, -0.2) is 0 Å². The van der Waals surface area contributed by atoms with Crippen molar-refractivity contribution in [3.05, 3.63) is 24.0 Å². The lowest BCUT2D eigenvalue weighted by Crippen LogP contribution is -1.94. The van der Waals surface area contributed by atoms with E-state index in [2.05, 4.69) is 10.3 Å². The van der Waals surface area contributed by atoms with Crippen molar-refractivity contribution in [3.63, 3.8) is 0 Å². The molecule has 1 heterocycles. The van der Waals surface area contributed by atoms with E-state index < -0.39 is 0 Å². The topological polar surface area (TPSA) is 65.8 Å². The second-order valence-electron chi connectivity index (χ2n) is 1.84. The van der Waals surface area contributed by atoms with Crippen LogP contribution in [0.25, 0.3) is 0 Å². The second-order valence-corrected chi connectivity index (χ2v) is 1.84. The Hall–Kier alpha value is -1.89. The number of hydrogen-bond donors (Lipinski definition) is 1. The summed E-state index contributed by atoms with van der Waals surface area (Å²) in [6.45, 7) is 0. The van der Waals surface area contributed by atoms with Crippen LogP contribution in [0.5, 0.6) is 0 Å². The maximum absolute atomic E-state index is 9.95. The summed E-state index contributed by atoms with van der Waals surface area (Å²) in [5.41, 5.74) is 0.955. The largest absolute Gasteiger partial charge is 0.327 e. The summed E-state index contributed by atoms with van der Waals surface area (Å²) >= 11 is 0. The van der Waals surface area contributed by atoms with Crippen molar-refractivity contribution in [1.29, 1.82) is 5.26 Å². The van der Waals surface area contributed by atoms with Crippen molar-refractivity contribution in [1.82, 2.24) is 4.98 Å². The number of nitriles is 1. The molecule has 0 aliphatic rings. The molecule has 1 aromatic rings. The van der Waals surface area contributed by atoms with Crippen LogP contribution < -0.4 is 5.32 Å². The first-order chi connectivity index (χ1) is 5.36. The van der Waals surface area contributed by atoms with Gasteiger partial charge < -0.3 is 5.32 Å². The molecule has 0 aromatic carbocycles. The van der Waals surface area contributed by atoms with Crippen LogP contribution in [0, 0.1) is 11.3 Å². The van der Waals surface area contributed by atoms with E-state index in [-0.39, 0.29) is 0 Å². The highest BCUT2D eigenvalue weighted by molar-refractivity contribution is 5.71. The molecular formula is C7H5N3O. The Morgan fingerprint density at radius 1 is 1.64 bits per heavy atom. The summed E-state index contributed by atoms with van der Waals surface area (Å²) in [4.78, 5) is 13.7. The van der Waals surface area contributed by atoms with Gasteiger partial charge >= 0.3 is 0 Å². The van der Waals surface area contributed by atoms with Gasteiger partial charge in [0.05, 0.1) is 17.4 Å². The van der Waals surface area contributed by atoms with Crippen LogP contribution in [0.1, 0.15) is 5.56 Å². The molecule has 0 bridgehead atoms. The molecule has 0 unspecified atom stereocenters. The van der Waals surface area contributed by atoms with Gasteiger partial charge in [0.15, 0.2) is 0 Å². The number of carbonyl (C=O) groups is 1. The summed E-state index contributed by atoms with van der Waals surface area (Å²) in [6, 6.07) is 3.45. The molecule has 0 aliphatic carbocycles. The molecule has 0 radical (unpaired) electrons. The van der Waals surface area contributed by atoms with Gasteiger partial charge in [-0.2, -0.15) is 5.26 Å². The Morgan fingerprint density at radius 3 is 3.09 bits per heavy atom. The maximum Gasteiger partial charge on any atom is 0.211 e. The Labute approximate surface area is 63.5 Å². The monoisotopic (exact) mass is 147 g/mol. The Morgan fingerprint density at radius 2 is 2.45 bits per heavy atom. The number of carbonyl (C=O) groups excluding carboxylic acids is 1. The van der Waals surface area contributed by atoms with Crippen molar-refractivity contribution >= 4 is 12.1 Å². The van der Waals surface area contributed by atoms with E-state index in [1.807, 2.05) is 6.07 Å². The van der Waals surface area contributed by atoms with Gasteiger partial charge in [0.1, 0.15) is 6.07 Å². The van der Waals surface area contributed by atoms with Crippen molar-refractivity contribution in [2.75, 3.05) is 5.32 Å². The molecule has 11 heavy (non-hydrogen) atoms. The maximum atomic E-state index is 9.95. The van der Waals surface area contributed by atoms with Gasteiger partial charge in [0.25, 0.3) is 0 Å². The zero-order chi connectivity index (χ0) is 8.10. The Bertz CT molecular complexity index is 303. The van der Waals surface area contributed by atoms with Crippen LogP contribution in [0.15, 0.2) is 18.5 Å². The average molecular weight is 147 g/mol. The number of amides is 1. The molecule has 0 spiro atoms. The van der Waals surface area contributed by atoms with Gasteiger partial charge in [0.2, 0.25) is 6.41 Å². The van der Waals surface area contributed by atoms with Crippen LogP contribution in [-0.2, 0) is 4.79 Å². The minimum absolute atomic E-state index is 0.428. The SMILES string of the molecule is N#Cc1cncc(NC=O)c1. The predicted octanol–water partition coefficient (Wildman–Crippen LogP) is 0.522. The molecule has 0 fully saturated rings. The lowest BCUT2D eigenvalue weighted by atomic mass is 10.3. The van der Waals surface area contributed by atoms with E-state index in [1.165, 1.54) is 12.4 Å². The third-order valence-electron chi connectivity index (χ3n) is 1.09. The fourth-order valence-electron chi connectivity index (χ4n) is 0.648. The smallest absolute Gasteiger partial charge is 0.211 e. The van der Waals surface area contributed by atoms with Crippen molar-refractivity contribution < 1.29 is 4.79 Å². The number of rotatable bonds is 2. The summed E-state index contributed by atoms with van der Waals surface area (Å²) in [7, 11) is 0. The zero-order valence-corrected chi connectivity index (χ0v) is 5.61. The van der Waals surface area contributed by atoms with Gasteiger partial charge in [-0.15, -0.1) is 0 Å². The number of nitrogens with one attached hydrogen (secondary N) is 1. The first-order valence-corrected chi connectivity index (χ1v) is 2.92. The van der Waals surface area contributed by atoms with Crippen LogP contribution in [0.2, 0.25) is 0 Å². The highest BCUT2D eigenvalue weighted by Crippen LogP contribution is 2.05. The zero-order valence-electron chi connectivity index (χ0n) is 5.61. The van der Waals surface area contributed by atoms with Gasteiger partial charge in [-0.05, 0) is 6.07 Å². The quantitative estimate of drug-likeness (QED) is 0.620. The molecule has 0 saturated carbocycles. The molecule has 4 nitrogen and oxygen atoms in total.